The van der Waals surface area contributed by atoms with Crippen molar-refractivity contribution in [1.82, 2.24) is 9.88 Å². The minimum absolute atomic E-state index is 0.130. The first-order valence-electron chi connectivity index (χ1n) is 7.49. The number of hydrogen-bond acceptors (Lipinski definition) is 3. The second kappa shape index (κ2) is 5.98. The first kappa shape index (κ1) is 14.3. The first-order chi connectivity index (χ1) is 10.2. The topological polar surface area (TPSA) is 33.2 Å². The molecule has 3 nitrogen and oxygen atoms in total. The largest absolute Gasteiger partial charge is 0.336 e. The van der Waals surface area contributed by atoms with E-state index in [1.54, 1.807) is 11.3 Å². The maximum Gasteiger partial charge on any atom is 0.255 e. The SMILES string of the molecule is Cc1nc(-c2cccs2)ccc1C(=O)N1CCCCC1C. The fraction of sp³-hybridized carbons (Fsp3) is 0.412. The standard InChI is InChI=1S/C17H20N2OS/c1-12-6-3-4-10-19(12)17(20)14-8-9-15(18-13(14)2)16-7-5-11-21-16/h5,7-9,11-12H,3-4,6,10H2,1-2H3. The number of aromatic nitrogens is 1. The molecule has 3 rings (SSSR count). The van der Waals surface area contributed by atoms with Crippen molar-refractivity contribution >= 4 is 17.2 Å². The van der Waals surface area contributed by atoms with Gasteiger partial charge >= 0.3 is 0 Å². The van der Waals surface area contributed by atoms with Gasteiger partial charge in [0.2, 0.25) is 0 Å². The fourth-order valence-corrected chi connectivity index (χ4v) is 3.60. The Morgan fingerprint density at radius 2 is 2.19 bits per heavy atom. The minimum atomic E-state index is 0.130. The van der Waals surface area contributed by atoms with Crippen LogP contribution in [0.15, 0.2) is 29.6 Å². The van der Waals surface area contributed by atoms with Crippen molar-refractivity contribution in [2.45, 2.75) is 39.2 Å². The molecule has 2 aromatic heterocycles. The molecule has 21 heavy (non-hydrogen) atoms. The summed E-state index contributed by atoms with van der Waals surface area (Å²) in [5.41, 5.74) is 2.51. The number of thiophene rings is 1. The fourth-order valence-electron chi connectivity index (χ4n) is 2.90. The lowest BCUT2D eigenvalue weighted by Gasteiger charge is -2.33. The molecule has 110 valence electrons. The molecular formula is C17H20N2OS. The average molecular weight is 300 g/mol. The summed E-state index contributed by atoms with van der Waals surface area (Å²) in [4.78, 5) is 20.5. The van der Waals surface area contributed by atoms with Crippen LogP contribution in [0.4, 0.5) is 0 Å². The van der Waals surface area contributed by atoms with E-state index in [1.807, 2.05) is 35.4 Å². The van der Waals surface area contributed by atoms with E-state index in [2.05, 4.69) is 18.0 Å². The van der Waals surface area contributed by atoms with Gasteiger partial charge in [-0.3, -0.25) is 9.78 Å². The molecule has 1 unspecified atom stereocenters. The third kappa shape index (κ3) is 2.86. The number of nitrogens with zero attached hydrogens (tertiary/aromatic N) is 2. The van der Waals surface area contributed by atoms with E-state index in [1.165, 1.54) is 6.42 Å². The van der Waals surface area contributed by atoms with Gasteiger partial charge in [0.15, 0.2) is 0 Å². The molecule has 1 fully saturated rings. The van der Waals surface area contributed by atoms with Crippen LogP contribution >= 0.6 is 11.3 Å². The molecule has 2 aromatic rings. The van der Waals surface area contributed by atoms with Crippen LogP contribution in [0.5, 0.6) is 0 Å². The van der Waals surface area contributed by atoms with Gasteiger partial charge in [-0.2, -0.15) is 0 Å². The van der Waals surface area contributed by atoms with Crippen molar-refractivity contribution in [1.29, 1.82) is 0 Å². The van der Waals surface area contributed by atoms with Crippen LogP contribution < -0.4 is 0 Å². The zero-order chi connectivity index (χ0) is 14.8. The van der Waals surface area contributed by atoms with Crippen LogP contribution in [-0.2, 0) is 0 Å². The zero-order valence-corrected chi connectivity index (χ0v) is 13.3. The normalized spacial score (nSPS) is 18.8. The number of aryl methyl sites for hydroxylation is 1. The van der Waals surface area contributed by atoms with Gasteiger partial charge in [0, 0.05) is 12.6 Å². The van der Waals surface area contributed by atoms with Gasteiger partial charge in [-0.05, 0) is 56.7 Å². The molecule has 4 heteroatoms. The molecule has 0 saturated carbocycles. The lowest BCUT2D eigenvalue weighted by Crippen LogP contribution is -2.42. The quantitative estimate of drug-likeness (QED) is 0.835. The van der Waals surface area contributed by atoms with Crippen molar-refractivity contribution < 1.29 is 4.79 Å². The van der Waals surface area contributed by atoms with Gasteiger partial charge in [0.25, 0.3) is 5.91 Å². The predicted octanol–water partition coefficient (Wildman–Crippen LogP) is 4.13. The number of piperidine rings is 1. The molecule has 1 saturated heterocycles. The molecule has 1 aliphatic heterocycles. The molecule has 1 atom stereocenters. The lowest BCUT2D eigenvalue weighted by molar-refractivity contribution is 0.0634. The molecule has 0 N–H and O–H groups in total. The minimum Gasteiger partial charge on any atom is -0.336 e. The van der Waals surface area contributed by atoms with Gasteiger partial charge in [0.1, 0.15) is 0 Å². The van der Waals surface area contributed by atoms with E-state index in [4.69, 9.17) is 0 Å². The Bertz CT molecular complexity index is 636. The van der Waals surface area contributed by atoms with E-state index in [0.717, 1.165) is 41.2 Å². The molecule has 1 amide bonds. The van der Waals surface area contributed by atoms with Crippen LogP contribution in [0, 0.1) is 6.92 Å². The van der Waals surface area contributed by atoms with Gasteiger partial charge in [0.05, 0.1) is 21.8 Å². The summed E-state index contributed by atoms with van der Waals surface area (Å²) in [6.45, 7) is 4.94. The van der Waals surface area contributed by atoms with Crippen molar-refractivity contribution in [2.75, 3.05) is 6.54 Å². The number of likely N-dealkylation sites (tertiary alicyclic amines) is 1. The molecule has 0 aliphatic carbocycles. The van der Waals surface area contributed by atoms with Crippen LogP contribution in [0.1, 0.15) is 42.2 Å². The molecular weight excluding hydrogens is 280 g/mol. The second-order valence-corrected chi connectivity index (χ2v) is 6.60. The highest BCUT2D eigenvalue weighted by Gasteiger charge is 2.25. The zero-order valence-electron chi connectivity index (χ0n) is 12.5. The number of carbonyl (C=O) groups is 1. The summed E-state index contributed by atoms with van der Waals surface area (Å²) >= 11 is 1.67. The molecule has 0 radical (unpaired) electrons. The van der Waals surface area contributed by atoms with Crippen LogP contribution in [0.25, 0.3) is 10.6 Å². The van der Waals surface area contributed by atoms with Crippen LogP contribution in [0.2, 0.25) is 0 Å². The second-order valence-electron chi connectivity index (χ2n) is 5.65. The highest BCUT2D eigenvalue weighted by atomic mass is 32.1. The first-order valence-corrected chi connectivity index (χ1v) is 8.37. The van der Waals surface area contributed by atoms with E-state index in [9.17, 15) is 4.79 Å². The van der Waals surface area contributed by atoms with E-state index >= 15 is 0 Å². The number of pyridine rings is 1. The number of hydrogen-bond donors (Lipinski definition) is 0. The Balaban J connectivity index is 1.87. The number of rotatable bonds is 2. The Hall–Kier alpha value is -1.68. The van der Waals surface area contributed by atoms with Crippen molar-refractivity contribution in [3.63, 3.8) is 0 Å². The highest BCUT2D eigenvalue weighted by Crippen LogP contribution is 2.25. The summed E-state index contributed by atoms with van der Waals surface area (Å²) < 4.78 is 0. The molecule has 0 aromatic carbocycles. The van der Waals surface area contributed by atoms with Gasteiger partial charge in [-0.15, -0.1) is 11.3 Å². The van der Waals surface area contributed by atoms with Crippen LogP contribution in [0.3, 0.4) is 0 Å². The lowest BCUT2D eigenvalue weighted by atomic mass is 10.0. The van der Waals surface area contributed by atoms with Gasteiger partial charge in [-0.1, -0.05) is 6.07 Å². The number of amides is 1. The summed E-state index contributed by atoms with van der Waals surface area (Å²) in [6, 6.07) is 8.30. The van der Waals surface area contributed by atoms with E-state index in [0.29, 0.717) is 6.04 Å². The number of carbonyl (C=O) groups excluding carboxylic acids is 1. The predicted molar refractivity (Wildman–Crippen MR) is 86.6 cm³/mol. The maximum atomic E-state index is 12.7. The third-order valence-corrected chi connectivity index (χ3v) is 5.05. The van der Waals surface area contributed by atoms with Crippen LogP contribution in [-0.4, -0.2) is 28.4 Å². The molecule has 0 spiro atoms. The van der Waals surface area contributed by atoms with Gasteiger partial charge < -0.3 is 4.90 Å². The molecule has 1 aliphatic rings. The van der Waals surface area contributed by atoms with Crippen molar-refractivity contribution in [2.24, 2.45) is 0 Å². The van der Waals surface area contributed by atoms with E-state index in [-0.39, 0.29) is 5.91 Å². The van der Waals surface area contributed by atoms with Crippen molar-refractivity contribution in [3.8, 4) is 10.6 Å². The Morgan fingerprint density at radius 3 is 2.86 bits per heavy atom. The van der Waals surface area contributed by atoms with Gasteiger partial charge in [-0.25, -0.2) is 0 Å². The molecule has 3 heterocycles. The maximum absolute atomic E-state index is 12.7. The summed E-state index contributed by atoms with van der Waals surface area (Å²) in [6.07, 6.45) is 3.43. The smallest absolute Gasteiger partial charge is 0.255 e. The summed E-state index contributed by atoms with van der Waals surface area (Å²) in [7, 11) is 0. The Labute approximate surface area is 129 Å². The Kier molecular flexibility index (Phi) is 4.06. The average Bonchev–Trinajstić information content (AvgIpc) is 3.01. The van der Waals surface area contributed by atoms with Crippen molar-refractivity contribution in [3.05, 3.63) is 40.9 Å². The molecule has 0 bridgehead atoms. The summed E-state index contributed by atoms with van der Waals surface area (Å²) in [5, 5.41) is 2.04. The summed E-state index contributed by atoms with van der Waals surface area (Å²) in [5.74, 6) is 0.130. The highest BCUT2D eigenvalue weighted by molar-refractivity contribution is 7.13. The monoisotopic (exact) mass is 300 g/mol. The third-order valence-electron chi connectivity index (χ3n) is 4.15. The Morgan fingerprint density at radius 1 is 1.33 bits per heavy atom. The van der Waals surface area contributed by atoms with E-state index < -0.39 is 0 Å².